The van der Waals surface area contributed by atoms with Gasteiger partial charge in [0.15, 0.2) is 24.3 Å². The first-order valence-electron chi connectivity index (χ1n) is 11.7. The molecule has 0 aromatic rings. The number of hydrogen-bond acceptors (Lipinski definition) is 11. The van der Waals surface area contributed by atoms with Crippen LogP contribution in [-0.2, 0) is 52.9 Å². The summed E-state index contributed by atoms with van der Waals surface area (Å²) >= 11 is 0. The van der Waals surface area contributed by atoms with Gasteiger partial charge in [-0.2, -0.15) is 17.2 Å². The molecule has 12 nitrogen and oxygen atoms in total. The molecule has 5 rings (SSSR count). The summed E-state index contributed by atoms with van der Waals surface area (Å²) in [6.45, 7) is 0.595. The number of ether oxygens (including phenoxy) is 6. The molecular weight excluding hydrogens is 514 g/mol. The van der Waals surface area contributed by atoms with Crippen LogP contribution < -0.4 is 0 Å². The fourth-order valence-electron chi connectivity index (χ4n) is 6.26. The van der Waals surface area contributed by atoms with Crippen molar-refractivity contribution in [2.45, 2.75) is 87.2 Å². The van der Waals surface area contributed by atoms with Crippen LogP contribution in [-0.4, -0.2) is 79.2 Å². The van der Waals surface area contributed by atoms with E-state index in [2.05, 4.69) is 4.74 Å². The molecule has 2 bridgehead atoms. The molecule has 3 heterocycles. The zero-order valence-electron chi connectivity index (χ0n) is 19.2. The van der Waals surface area contributed by atoms with Crippen molar-refractivity contribution in [2.24, 2.45) is 17.8 Å². The number of fused-ring (bicyclic) bond motifs is 6. The van der Waals surface area contributed by atoms with Gasteiger partial charge in [0.05, 0.1) is 6.61 Å². The number of carbonyl (C=O) groups is 3. The lowest BCUT2D eigenvalue weighted by Gasteiger charge is -2.51. The summed E-state index contributed by atoms with van der Waals surface area (Å²) in [7, 11) is -5.97. The maximum atomic E-state index is 13.5. The van der Waals surface area contributed by atoms with Crippen molar-refractivity contribution in [1.29, 1.82) is 0 Å². The van der Waals surface area contributed by atoms with Crippen LogP contribution in [0.25, 0.3) is 0 Å². The van der Waals surface area contributed by atoms with Crippen molar-refractivity contribution in [3.05, 3.63) is 0 Å². The summed E-state index contributed by atoms with van der Waals surface area (Å²) < 4.78 is 90.8. The highest BCUT2D eigenvalue weighted by Gasteiger charge is 2.69. The second-order valence-corrected chi connectivity index (χ2v) is 11.4. The van der Waals surface area contributed by atoms with Gasteiger partial charge in [-0.05, 0) is 31.6 Å². The lowest BCUT2D eigenvalue weighted by molar-refractivity contribution is -0.305. The van der Waals surface area contributed by atoms with Gasteiger partial charge in [-0.15, -0.1) is 0 Å². The minimum absolute atomic E-state index is 0.0176. The molecule has 0 aromatic carbocycles. The second kappa shape index (κ2) is 8.82. The Morgan fingerprint density at radius 1 is 1.17 bits per heavy atom. The van der Waals surface area contributed by atoms with E-state index in [-0.39, 0.29) is 12.3 Å². The SMILES string of the molecule is CC(=O)OC1C(=O)OC2C3OC4(OC3OC12)C1CCCC(C1)CC4CCOC(=O)C(F)(F)S(=O)(=O)O. The molecule has 0 radical (unpaired) electrons. The van der Waals surface area contributed by atoms with Crippen LogP contribution in [0.15, 0.2) is 0 Å². The Hall–Kier alpha value is -1.94. The van der Waals surface area contributed by atoms with E-state index >= 15 is 0 Å². The molecule has 15 heteroatoms. The highest BCUT2D eigenvalue weighted by molar-refractivity contribution is 7.87. The zero-order chi connectivity index (χ0) is 26.0. The van der Waals surface area contributed by atoms with Crippen molar-refractivity contribution in [3.8, 4) is 0 Å². The van der Waals surface area contributed by atoms with E-state index in [0.29, 0.717) is 12.3 Å². The summed E-state index contributed by atoms with van der Waals surface area (Å²) in [5, 5.41) is -5.08. The molecule has 3 aliphatic heterocycles. The third kappa shape index (κ3) is 4.08. The Labute approximate surface area is 204 Å². The number of halogens is 2. The summed E-state index contributed by atoms with van der Waals surface area (Å²) in [5.74, 6) is -5.23. The fraction of sp³-hybridized carbons (Fsp3) is 0.857. The van der Waals surface area contributed by atoms with Crippen molar-refractivity contribution in [1.82, 2.24) is 0 Å². The molecule has 36 heavy (non-hydrogen) atoms. The van der Waals surface area contributed by atoms with E-state index in [1.165, 1.54) is 0 Å². The first kappa shape index (κ1) is 25.7. The monoisotopic (exact) mass is 540 g/mol. The Kier molecular flexibility index (Phi) is 6.30. The Morgan fingerprint density at radius 2 is 1.92 bits per heavy atom. The Morgan fingerprint density at radius 3 is 2.61 bits per heavy atom. The van der Waals surface area contributed by atoms with E-state index in [1.54, 1.807) is 0 Å². The molecule has 0 aromatic heterocycles. The normalized spacial score (nSPS) is 41.5. The molecule has 5 aliphatic rings. The maximum absolute atomic E-state index is 13.5. The lowest BCUT2D eigenvalue weighted by atomic mass is 9.63. The number of hydrogen-bond donors (Lipinski definition) is 1. The number of esters is 3. The molecule has 9 atom stereocenters. The quantitative estimate of drug-likeness (QED) is 0.289. The number of carbonyl (C=O) groups excluding carboxylic acids is 3. The molecule has 1 spiro atoms. The third-order valence-corrected chi connectivity index (χ3v) is 8.52. The Balaban J connectivity index is 1.30. The highest BCUT2D eigenvalue weighted by atomic mass is 32.2. The van der Waals surface area contributed by atoms with Crippen LogP contribution in [0.3, 0.4) is 0 Å². The molecule has 9 unspecified atom stereocenters. The topological polar surface area (TPSA) is 161 Å². The molecule has 2 saturated carbocycles. The maximum Gasteiger partial charge on any atom is 0.465 e. The average molecular weight is 540 g/mol. The fourth-order valence-corrected chi connectivity index (χ4v) is 6.53. The van der Waals surface area contributed by atoms with Gasteiger partial charge in [0, 0.05) is 18.8 Å². The minimum Gasteiger partial charge on any atom is -0.460 e. The molecule has 3 saturated heterocycles. The lowest BCUT2D eigenvalue weighted by Crippen LogP contribution is -2.54. The van der Waals surface area contributed by atoms with Crippen molar-refractivity contribution >= 4 is 28.0 Å². The molecule has 1 N–H and O–H groups in total. The van der Waals surface area contributed by atoms with Gasteiger partial charge < -0.3 is 28.4 Å². The summed E-state index contributed by atoms with van der Waals surface area (Å²) in [6, 6.07) is 0. The van der Waals surface area contributed by atoms with Crippen molar-refractivity contribution in [2.75, 3.05) is 6.61 Å². The first-order valence-corrected chi connectivity index (χ1v) is 13.2. The van der Waals surface area contributed by atoms with Gasteiger partial charge in [0.2, 0.25) is 6.10 Å². The van der Waals surface area contributed by atoms with Crippen LogP contribution in [0.1, 0.15) is 45.4 Å². The molecule has 2 aliphatic carbocycles. The van der Waals surface area contributed by atoms with Crippen LogP contribution in [0.2, 0.25) is 0 Å². The van der Waals surface area contributed by atoms with E-state index in [1.807, 2.05) is 0 Å². The van der Waals surface area contributed by atoms with Gasteiger partial charge in [0.1, 0.15) is 6.10 Å². The second-order valence-electron chi connectivity index (χ2n) is 9.90. The average Bonchev–Trinajstić information content (AvgIpc) is 3.40. The van der Waals surface area contributed by atoms with Crippen LogP contribution >= 0.6 is 0 Å². The van der Waals surface area contributed by atoms with E-state index in [9.17, 15) is 31.6 Å². The van der Waals surface area contributed by atoms with Gasteiger partial charge in [0.25, 0.3) is 0 Å². The molecule has 202 valence electrons. The zero-order valence-corrected chi connectivity index (χ0v) is 20.0. The van der Waals surface area contributed by atoms with Crippen LogP contribution in [0.4, 0.5) is 8.78 Å². The largest absolute Gasteiger partial charge is 0.465 e. The van der Waals surface area contributed by atoms with E-state index in [4.69, 9.17) is 28.2 Å². The first-order chi connectivity index (χ1) is 16.8. The summed E-state index contributed by atoms with van der Waals surface area (Å²) in [6.07, 6.45) is -0.736. The number of alkyl halides is 2. The molecular formula is C21H26F2O12S. The van der Waals surface area contributed by atoms with Crippen LogP contribution in [0.5, 0.6) is 0 Å². The Bertz CT molecular complexity index is 1050. The minimum atomic E-state index is -5.97. The van der Waals surface area contributed by atoms with E-state index in [0.717, 1.165) is 32.6 Å². The van der Waals surface area contributed by atoms with Crippen LogP contribution in [0, 0.1) is 17.8 Å². The number of rotatable bonds is 6. The summed E-state index contributed by atoms with van der Waals surface area (Å²) in [5.41, 5.74) is 0. The van der Waals surface area contributed by atoms with Gasteiger partial charge in [-0.25, -0.2) is 9.59 Å². The van der Waals surface area contributed by atoms with Gasteiger partial charge in [-0.1, -0.05) is 12.8 Å². The smallest absolute Gasteiger partial charge is 0.460 e. The summed E-state index contributed by atoms with van der Waals surface area (Å²) in [4.78, 5) is 35.2. The van der Waals surface area contributed by atoms with Crippen molar-refractivity contribution < 1.29 is 64.6 Å². The van der Waals surface area contributed by atoms with Gasteiger partial charge in [-0.3, -0.25) is 9.35 Å². The van der Waals surface area contributed by atoms with Gasteiger partial charge >= 0.3 is 33.3 Å². The molecule has 0 amide bonds. The standard InChI is InChI=1S/C21H26F2O12S/c1-9(24)31-15-13-14(32-17(15)25)16-18(33-13)35-20(34-16)11-4-2-3-10(7-11)8-12(20)5-6-30-19(26)21(22,23)36(27,28)29/h10-16,18H,2-8H2,1H3,(H,27,28,29). The van der Waals surface area contributed by atoms with E-state index < -0.39 is 82.3 Å². The molecule has 5 fully saturated rings. The highest BCUT2D eigenvalue weighted by Crippen LogP contribution is 2.57. The van der Waals surface area contributed by atoms with Crippen molar-refractivity contribution in [3.63, 3.8) is 0 Å². The third-order valence-electron chi connectivity index (χ3n) is 7.70. The predicted octanol–water partition coefficient (Wildman–Crippen LogP) is 0.920. The predicted molar refractivity (Wildman–Crippen MR) is 108 cm³/mol.